The van der Waals surface area contributed by atoms with Crippen molar-refractivity contribution >= 4 is 6.08 Å². The second-order valence-electron chi connectivity index (χ2n) is 5.67. The molecule has 0 heterocycles. The van der Waals surface area contributed by atoms with E-state index in [2.05, 4.69) is 38.5 Å². The predicted octanol–water partition coefficient (Wildman–Crippen LogP) is 5.01. The molecule has 1 aromatic carbocycles. The molecule has 0 aliphatic heterocycles. The maximum atomic E-state index is 2.38. The van der Waals surface area contributed by atoms with E-state index in [1.807, 2.05) is 0 Å². The lowest BCUT2D eigenvalue weighted by Gasteiger charge is -2.24. The second kappa shape index (κ2) is 4.33. The van der Waals surface area contributed by atoms with Crippen LogP contribution in [0.2, 0.25) is 0 Å². The Hall–Kier alpha value is -1.04. The standard InChI is InChI=1S/C17H21/c1-12-10-16-13(2)8-9-15(17(16)11-12)14-6-4-3-5-7-14/h8-11,14H,3-7H2,1-2H3. The predicted molar refractivity (Wildman–Crippen MR) is 74.1 cm³/mol. The van der Waals surface area contributed by atoms with Crippen LogP contribution in [-0.2, 0) is 0 Å². The summed E-state index contributed by atoms with van der Waals surface area (Å²) >= 11 is 0. The van der Waals surface area contributed by atoms with Gasteiger partial charge in [-0.05, 0) is 54.9 Å². The van der Waals surface area contributed by atoms with Crippen LogP contribution in [0, 0.1) is 13.3 Å². The van der Waals surface area contributed by atoms with E-state index in [0.29, 0.717) is 0 Å². The van der Waals surface area contributed by atoms with Crippen LogP contribution in [0.25, 0.3) is 6.08 Å². The highest BCUT2D eigenvalue weighted by Gasteiger charge is 2.22. The maximum absolute atomic E-state index is 2.38. The molecule has 0 nitrogen and oxygen atoms in total. The number of hydrogen-bond acceptors (Lipinski definition) is 0. The summed E-state index contributed by atoms with van der Waals surface area (Å²) < 4.78 is 0. The summed E-state index contributed by atoms with van der Waals surface area (Å²) in [6.45, 7) is 4.44. The highest BCUT2D eigenvalue weighted by Crippen LogP contribution is 2.40. The van der Waals surface area contributed by atoms with E-state index in [9.17, 15) is 0 Å². The SMILES string of the molecule is CC1=Cc2c(C3CCCCC3)ccc(C)c2[CH]1. The van der Waals surface area contributed by atoms with E-state index in [1.54, 1.807) is 5.56 Å². The van der Waals surface area contributed by atoms with Crippen molar-refractivity contribution in [3.8, 4) is 0 Å². The van der Waals surface area contributed by atoms with E-state index in [0.717, 1.165) is 5.92 Å². The van der Waals surface area contributed by atoms with Gasteiger partial charge in [-0.25, -0.2) is 0 Å². The zero-order valence-electron chi connectivity index (χ0n) is 10.9. The average Bonchev–Trinajstić information content (AvgIpc) is 2.73. The fourth-order valence-corrected chi connectivity index (χ4v) is 3.38. The van der Waals surface area contributed by atoms with Crippen LogP contribution in [0.4, 0.5) is 0 Å². The van der Waals surface area contributed by atoms with Gasteiger partial charge in [0.2, 0.25) is 0 Å². The fraction of sp³-hybridized carbons (Fsp3) is 0.471. The minimum Gasteiger partial charge on any atom is -0.0642 e. The smallest absolute Gasteiger partial charge is 0.0164 e. The molecule has 2 aliphatic carbocycles. The van der Waals surface area contributed by atoms with Gasteiger partial charge in [0.25, 0.3) is 0 Å². The number of rotatable bonds is 1. The molecule has 0 N–H and O–H groups in total. The monoisotopic (exact) mass is 225 g/mol. The molecule has 0 heteroatoms. The molecule has 3 rings (SSSR count). The third kappa shape index (κ3) is 1.94. The maximum Gasteiger partial charge on any atom is 0.0164 e. The van der Waals surface area contributed by atoms with Crippen molar-refractivity contribution in [2.75, 3.05) is 0 Å². The van der Waals surface area contributed by atoms with Gasteiger partial charge in [-0.15, -0.1) is 0 Å². The zero-order chi connectivity index (χ0) is 11.8. The van der Waals surface area contributed by atoms with E-state index < -0.39 is 0 Å². The largest absolute Gasteiger partial charge is 0.0642 e. The van der Waals surface area contributed by atoms with E-state index >= 15 is 0 Å². The van der Waals surface area contributed by atoms with Gasteiger partial charge in [0.05, 0.1) is 0 Å². The second-order valence-corrected chi connectivity index (χ2v) is 5.67. The first-order chi connectivity index (χ1) is 8.25. The number of benzene rings is 1. The van der Waals surface area contributed by atoms with Gasteiger partial charge in [-0.1, -0.05) is 43.0 Å². The van der Waals surface area contributed by atoms with Crippen LogP contribution in [-0.4, -0.2) is 0 Å². The Bertz CT molecular complexity index is 459. The van der Waals surface area contributed by atoms with Gasteiger partial charge in [-0.2, -0.15) is 0 Å². The van der Waals surface area contributed by atoms with Crippen LogP contribution in [0.5, 0.6) is 0 Å². The van der Waals surface area contributed by atoms with Gasteiger partial charge in [0, 0.05) is 6.42 Å². The molecule has 1 saturated carbocycles. The van der Waals surface area contributed by atoms with Crippen molar-refractivity contribution in [1.82, 2.24) is 0 Å². The first-order valence-corrected chi connectivity index (χ1v) is 6.92. The Morgan fingerprint density at radius 2 is 1.71 bits per heavy atom. The normalized spacial score (nSPS) is 20.2. The quantitative estimate of drug-likeness (QED) is 0.630. The molecule has 1 radical (unpaired) electrons. The zero-order valence-corrected chi connectivity index (χ0v) is 10.9. The van der Waals surface area contributed by atoms with Crippen molar-refractivity contribution in [2.24, 2.45) is 0 Å². The van der Waals surface area contributed by atoms with E-state index in [1.165, 1.54) is 54.4 Å². The number of aryl methyl sites for hydroxylation is 1. The number of fused-ring (bicyclic) bond motifs is 1. The summed E-state index contributed by atoms with van der Waals surface area (Å²) in [7, 11) is 0. The lowest BCUT2D eigenvalue weighted by molar-refractivity contribution is 0.443. The van der Waals surface area contributed by atoms with Crippen LogP contribution in [0.1, 0.15) is 67.2 Å². The summed E-state index contributed by atoms with van der Waals surface area (Å²) in [6.07, 6.45) is 11.8. The Balaban J connectivity index is 2.02. The molecule has 1 aromatic rings. The van der Waals surface area contributed by atoms with Crippen molar-refractivity contribution in [1.29, 1.82) is 0 Å². The first-order valence-electron chi connectivity index (χ1n) is 6.92. The highest BCUT2D eigenvalue weighted by atomic mass is 14.3. The summed E-state index contributed by atoms with van der Waals surface area (Å²) in [5, 5.41) is 0. The molecule has 0 saturated heterocycles. The minimum atomic E-state index is 0.814. The third-order valence-corrected chi connectivity index (χ3v) is 4.33. The van der Waals surface area contributed by atoms with Gasteiger partial charge in [-0.3, -0.25) is 0 Å². The van der Waals surface area contributed by atoms with Gasteiger partial charge in [0.15, 0.2) is 0 Å². The van der Waals surface area contributed by atoms with Crippen molar-refractivity contribution in [3.05, 3.63) is 46.4 Å². The third-order valence-electron chi connectivity index (χ3n) is 4.33. The topological polar surface area (TPSA) is 0 Å². The van der Waals surface area contributed by atoms with Crippen molar-refractivity contribution in [2.45, 2.75) is 51.9 Å². The van der Waals surface area contributed by atoms with Gasteiger partial charge in [0.1, 0.15) is 0 Å². The molecule has 0 atom stereocenters. The molecule has 89 valence electrons. The lowest BCUT2D eigenvalue weighted by Crippen LogP contribution is -2.07. The Labute approximate surface area is 105 Å². The number of allylic oxidation sites excluding steroid dienone is 1. The van der Waals surface area contributed by atoms with Crippen LogP contribution < -0.4 is 0 Å². The van der Waals surface area contributed by atoms with Crippen molar-refractivity contribution < 1.29 is 0 Å². The molecule has 0 spiro atoms. The fourth-order valence-electron chi connectivity index (χ4n) is 3.38. The van der Waals surface area contributed by atoms with E-state index in [4.69, 9.17) is 0 Å². The molecule has 1 fully saturated rings. The Kier molecular flexibility index (Phi) is 2.82. The lowest BCUT2D eigenvalue weighted by atomic mass is 9.81. The summed E-state index contributed by atoms with van der Waals surface area (Å²) in [5.41, 5.74) is 7.44. The molecule has 0 amide bonds. The van der Waals surface area contributed by atoms with Crippen LogP contribution in [0.15, 0.2) is 17.7 Å². The minimum absolute atomic E-state index is 0.814. The average molecular weight is 225 g/mol. The molecule has 0 aromatic heterocycles. The Morgan fingerprint density at radius 1 is 0.941 bits per heavy atom. The van der Waals surface area contributed by atoms with Gasteiger partial charge >= 0.3 is 0 Å². The molecule has 0 unspecified atom stereocenters. The molecular formula is C17H21. The Morgan fingerprint density at radius 3 is 2.47 bits per heavy atom. The van der Waals surface area contributed by atoms with E-state index in [-0.39, 0.29) is 0 Å². The number of hydrogen-bond donors (Lipinski definition) is 0. The van der Waals surface area contributed by atoms with Crippen LogP contribution >= 0.6 is 0 Å². The van der Waals surface area contributed by atoms with Crippen molar-refractivity contribution in [3.63, 3.8) is 0 Å². The van der Waals surface area contributed by atoms with Gasteiger partial charge < -0.3 is 0 Å². The molecular weight excluding hydrogens is 204 g/mol. The summed E-state index contributed by atoms with van der Waals surface area (Å²) in [6, 6.07) is 4.69. The molecule has 2 aliphatic rings. The first kappa shape index (κ1) is 11.1. The van der Waals surface area contributed by atoms with Crippen LogP contribution in [0.3, 0.4) is 0 Å². The summed E-state index contributed by atoms with van der Waals surface area (Å²) in [4.78, 5) is 0. The molecule has 17 heavy (non-hydrogen) atoms. The molecule has 0 bridgehead atoms. The summed E-state index contributed by atoms with van der Waals surface area (Å²) in [5.74, 6) is 0.814. The highest BCUT2D eigenvalue weighted by molar-refractivity contribution is 5.73.